The van der Waals surface area contributed by atoms with Crippen LogP contribution in [0.25, 0.3) is 0 Å². The molecule has 154 valence electrons. The summed E-state index contributed by atoms with van der Waals surface area (Å²) in [4.78, 5) is 7.19. The van der Waals surface area contributed by atoms with Crippen molar-refractivity contribution in [3.8, 4) is 11.5 Å². The van der Waals surface area contributed by atoms with E-state index >= 15 is 0 Å². The maximum atomic E-state index is 10.0. The minimum atomic E-state index is 0. The monoisotopic (exact) mass is 490 g/mol. The van der Waals surface area contributed by atoms with E-state index in [2.05, 4.69) is 34.4 Å². The first-order chi connectivity index (χ1) is 12.7. The van der Waals surface area contributed by atoms with Crippen molar-refractivity contribution in [1.82, 2.24) is 15.5 Å². The number of aromatic hydroxyl groups is 1. The lowest BCUT2D eigenvalue weighted by Crippen LogP contribution is -2.45. The van der Waals surface area contributed by atoms with E-state index in [9.17, 15) is 5.11 Å². The lowest BCUT2D eigenvalue weighted by molar-refractivity contribution is 0.147. The van der Waals surface area contributed by atoms with Crippen molar-refractivity contribution in [1.29, 1.82) is 0 Å². The lowest BCUT2D eigenvalue weighted by atomic mass is 10.0. The zero-order valence-electron chi connectivity index (χ0n) is 16.8. The SMILES string of the molecule is CCNC(=NCc1cc(OC)ccc1O)NCCN1CCCCC1CC.I. The predicted molar refractivity (Wildman–Crippen MR) is 122 cm³/mol. The summed E-state index contributed by atoms with van der Waals surface area (Å²) < 4.78 is 5.22. The van der Waals surface area contributed by atoms with Crippen LogP contribution in [0.5, 0.6) is 11.5 Å². The number of phenolic OH excluding ortho intramolecular Hbond substituents is 1. The van der Waals surface area contributed by atoms with Gasteiger partial charge in [-0.05, 0) is 50.9 Å². The number of phenols is 1. The van der Waals surface area contributed by atoms with E-state index in [-0.39, 0.29) is 29.7 Å². The molecular formula is C20H35IN4O2. The number of benzene rings is 1. The molecule has 3 N–H and O–H groups in total. The van der Waals surface area contributed by atoms with Gasteiger partial charge in [-0.25, -0.2) is 4.99 Å². The van der Waals surface area contributed by atoms with Gasteiger partial charge in [0.1, 0.15) is 11.5 Å². The van der Waals surface area contributed by atoms with E-state index in [4.69, 9.17) is 4.74 Å². The summed E-state index contributed by atoms with van der Waals surface area (Å²) in [7, 11) is 1.62. The molecule has 0 saturated carbocycles. The van der Waals surface area contributed by atoms with Crippen LogP contribution in [0.2, 0.25) is 0 Å². The summed E-state index contributed by atoms with van der Waals surface area (Å²) in [5, 5.41) is 16.7. The number of hydrogen-bond donors (Lipinski definition) is 3. The summed E-state index contributed by atoms with van der Waals surface area (Å²) in [6.07, 6.45) is 5.21. The van der Waals surface area contributed by atoms with Crippen molar-refractivity contribution in [2.45, 2.75) is 52.1 Å². The Labute approximate surface area is 180 Å². The van der Waals surface area contributed by atoms with Crippen LogP contribution in [0.15, 0.2) is 23.2 Å². The fraction of sp³-hybridized carbons (Fsp3) is 0.650. The molecule has 1 aromatic rings. The van der Waals surface area contributed by atoms with Crippen LogP contribution in [-0.4, -0.2) is 55.3 Å². The number of nitrogens with zero attached hydrogens (tertiary/aromatic N) is 2. The molecule has 0 radical (unpaired) electrons. The third-order valence-corrected chi connectivity index (χ3v) is 4.95. The minimum Gasteiger partial charge on any atom is -0.508 e. The van der Waals surface area contributed by atoms with Gasteiger partial charge in [0.25, 0.3) is 0 Å². The number of guanidine groups is 1. The van der Waals surface area contributed by atoms with Gasteiger partial charge in [-0.1, -0.05) is 13.3 Å². The number of methoxy groups -OCH3 is 1. The van der Waals surface area contributed by atoms with Crippen molar-refractivity contribution in [2.24, 2.45) is 4.99 Å². The van der Waals surface area contributed by atoms with Gasteiger partial charge in [0.15, 0.2) is 5.96 Å². The summed E-state index contributed by atoms with van der Waals surface area (Å²) in [6, 6.07) is 5.93. The highest BCUT2D eigenvalue weighted by Gasteiger charge is 2.19. The molecule has 1 fully saturated rings. The Bertz CT molecular complexity index is 583. The molecule has 7 heteroatoms. The summed E-state index contributed by atoms with van der Waals surface area (Å²) in [5.74, 6) is 1.74. The van der Waals surface area contributed by atoms with E-state index in [1.165, 1.54) is 32.2 Å². The summed E-state index contributed by atoms with van der Waals surface area (Å²) in [5.41, 5.74) is 0.753. The van der Waals surface area contributed by atoms with Crippen LogP contribution in [0.3, 0.4) is 0 Å². The van der Waals surface area contributed by atoms with Gasteiger partial charge in [-0.3, -0.25) is 4.90 Å². The Balaban J connectivity index is 0.00000364. The number of nitrogens with one attached hydrogen (secondary N) is 2. The molecule has 2 rings (SSSR count). The number of halogens is 1. The number of ether oxygens (including phenoxy) is 1. The average molecular weight is 490 g/mol. The smallest absolute Gasteiger partial charge is 0.191 e. The zero-order valence-corrected chi connectivity index (χ0v) is 19.2. The number of aliphatic imine (C=N–C) groups is 1. The quantitative estimate of drug-likeness (QED) is 0.296. The molecule has 0 aliphatic carbocycles. The number of piperidine rings is 1. The molecule has 1 unspecified atom stereocenters. The first-order valence-corrected chi connectivity index (χ1v) is 9.80. The van der Waals surface area contributed by atoms with Crippen molar-refractivity contribution < 1.29 is 9.84 Å². The summed E-state index contributed by atoms with van der Waals surface area (Å²) in [6.45, 7) is 8.64. The molecule has 1 atom stereocenters. The predicted octanol–water partition coefficient (Wildman–Crippen LogP) is 3.34. The van der Waals surface area contributed by atoms with Crippen LogP contribution in [-0.2, 0) is 6.54 Å². The molecule has 0 aromatic heterocycles. The number of likely N-dealkylation sites (tertiary alicyclic amines) is 1. The van der Waals surface area contributed by atoms with Gasteiger partial charge in [0.2, 0.25) is 0 Å². The van der Waals surface area contributed by atoms with Crippen LogP contribution in [0.1, 0.15) is 45.1 Å². The topological polar surface area (TPSA) is 69.1 Å². The van der Waals surface area contributed by atoms with Crippen LogP contribution < -0.4 is 15.4 Å². The fourth-order valence-corrected chi connectivity index (χ4v) is 3.46. The molecule has 1 saturated heterocycles. The van der Waals surface area contributed by atoms with Gasteiger partial charge in [0, 0.05) is 31.2 Å². The molecule has 6 nitrogen and oxygen atoms in total. The molecule has 1 aromatic carbocycles. The van der Waals surface area contributed by atoms with Crippen molar-refractivity contribution >= 4 is 29.9 Å². The maximum Gasteiger partial charge on any atom is 0.191 e. The molecule has 1 aliphatic heterocycles. The van der Waals surface area contributed by atoms with Crippen molar-refractivity contribution in [3.63, 3.8) is 0 Å². The average Bonchev–Trinajstić information content (AvgIpc) is 2.67. The van der Waals surface area contributed by atoms with Crippen molar-refractivity contribution in [2.75, 3.05) is 33.3 Å². The molecule has 0 bridgehead atoms. The second-order valence-corrected chi connectivity index (χ2v) is 6.71. The second-order valence-electron chi connectivity index (χ2n) is 6.71. The lowest BCUT2D eigenvalue weighted by Gasteiger charge is -2.35. The molecule has 0 spiro atoms. The second kappa shape index (κ2) is 13.0. The highest BCUT2D eigenvalue weighted by atomic mass is 127. The van der Waals surface area contributed by atoms with Gasteiger partial charge in [-0.15, -0.1) is 24.0 Å². The first kappa shape index (κ1) is 23.8. The van der Waals surface area contributed by atoms with E-state index in [0.717, 1.165) is 42.9 Å². The highest BCUT2D eigenvalue weighted by molar-refractivity contribution is 14.0. The Morgan fingerprint density at radius 3 is 2.81 bits per heavy atom. The van der Waals surface area contributed by atoms with Gasteiger partial charge < -0.3 is 20.5 Å². The third kappa shape index (κ3) is 7.73. The van der Waals surface area contributed by atoms with E-state index < -0.39 is 0 Å². The van der Waals surface area contributed by atoms with Gasteiger partial charge in [-0.2, -0.15) is 0 Å². The third-order valence-electron chi connectivity index (χ3n) is 4.95. The van der Waals surface area contributed by atoms with Crippen LogP contribution in [0.4, 0.5) is 0 Å². The molecule has 27 heavy (non-hydrogen) atoms. The normalized spacial score (nSPS) is 17.9. The fourth-order valence-electron chi connectivity index (χ4n) is 3.46. The Morgan fingerprint density at radius 1 is 1.30 bits per heavy atom. The summed E-state index contributed by atoms with van der Waals surface area (Å²) >= 11 is 0. The first-order valence-electron chi connectivity index (χ1n) is 9.80. The molecule has 1 heterocycles. The maximum absolute atomic E-state index is 10.0. The standard InChI is InChI=1S/C20H34N4O2.HI/c1-4-17-8-6-7-12-24(17)13-11-22-20(21-5-2)23-15-16-14-18(26-3)9-10-19(16)25;/h9-10,14,17,25H,4-8,11-13,15H2,1-3H3,(H2,21,22,23);1H. The Morgan fingerprint density at radius 2 is 2.11 bits per heavy atom. The van der Waals surface area contributed by atoms with Gasteiger partial charge in [0.05, 0.1) is 13.7 Å². The highest BCUT2D eigenvalue weighted by Crippen LogP contribution is 2.23. The van der Waals surface area contributed by atoms with Crippen LogP contribution >= 0.6 is 24.0 Å². The van der Waals surface area contributed by atoms with E-state index in [1.54, 1.807) is 19.2 Å². The van der Waals surface area contributed by atoms with E-state index in [1.807, 2.05) is 6.07 Å². The van der Waals surface area contributed by atoms with Gasteiger partial charge >= 0.3 is 0 Å². The van der Waals surface area contributed by atoms with Crippen LogP contribution in [0, 0.1) is 0 Å². The number of rotatable bonds is 8. The molecule has 1 aliphatic rings. The zero-order chi connectivity index (χ0) is 18.8. The Hall–Kier alpha value is -1.22. The Kier molecular flexibility index (Phi) is 11.5. The molecule has 0 amide bonds. The van der Waals surface area contributed by atoms with Crippen molar-refractivity contribution in [3.05, 3.63) is 23.8 Å². The molecular weight excluding hydrogens is 455 g/mol. The largest absolute Gasteiger partial charge is 0.508 e. The minimum absolute atomic E-state index is 0. The van der Waals surface area contributed by atoms with E-state index in [0.29, 0.717) is 6.54 Å². The number of hydrogen-bond acceptors (Lipinski definition) is 4.